The van der Waals surface area contributed by atoms with Crippen LogP contribution in [0.4, 0.5) is 0 Å². The van der Waals surface area contributed by atoms with Gasteiger partial charge < -0.3 is 34.1 Å². The van der Waals surface area contributed by atoms with Gasteiger partial charge in [-0.15, -0.1) is 0 Å². The monoisotopic (exact) mass is 982 g/mol. The van der Waals surface area contributed by atoms with Crippen LogP contribution in [0.2, 0.25) is 0 Å². The van der Waals surface area contributed by atoms with Crippen molar-refractivity contribution in [2.24, 2.45) is 17.8 Å². The van der Waals surface area contributed by atoms with Crippen molar-refractivity contribution in [3.05, 3.63) is 0 Å². The van der Waals surface area contributed by atoms with Crippen molar-refractivity contribution in [2.75, 3.05) is 60.1 Å². The normalized spacial score (nSPS) is 13.9. The number of rotatable bonds is 48. The molecule has 4 unspecified atom stereocenters. The molecule has 9 nitrogen and oxygen atoms in total. The Hall–Kier alpha value is -1.49. The fourth-order valence-corrected chi connectivity index (χ4v) is 9.95. The van der Waals surface area contributed by atoms with Crippen LogP contribution in [-0.4, -0.2) is 104 Å². The number of carbonyl (C=O) groups is 2. The van der Waals surface area contributed by atoms with Crippen molar-refractivity contribution in [3.63, 3.8) is 0 Å². The zero-order valence-corrected chi connectivity index (χ0v) is 48.0. The van der Waals surface area contributed by atoms with Crippen molar-refractivity contribution in [1.29, 1.82) is 0 Å². The summed E-state index contributed by atoms with van der Waals surface area (Å²) >= 11 is 5.72. The Bertz CT molecular complexity index is 1180. The second-order valence-corrected chi connectivity index (χ2v) is 21.6. The molecule has 0 aromatic heterocycles. The third-order valence-corrected chi connectivity index (χ3v) is 15.3. The molecule has 0 amide bonds. The molecule has 0 aliphatic carbocycles. The summed E-state index contributed by atoms with van der Waals surface area (Å²) in [5.41, 5.74) is -0.100. The molecule has 0 rings (SSSR count). The van der Waals surface area contributed by atoms with Crippen molar-refractivity contribution < 1.29 is 28.5 Å². The average Bonchev–Trinajstić information content (AvgIpc) is 3.32. The second kappa shape index (κ2) is 43.1. The lowest BCUT2D eigenvalue weighted by Crippen LogP contribution is -2.46. The summed E-state index contributed by atoms with van der Waals surface area (Å²) in [4.78, 5) is 30.2. The summed E-state index contributed by atoms with van der Waals surface area (Å²) in [6.45, 7) is 25.9. The summed E-state index contributed by atoms with van der Waals surface area (Å²) < 4.78 is 25.7. The SMILES string of the molecule is CCCCCCC(CCCCCC)(OCC(C)CCCCOC(=O)CN(CC(=O)OCCCCC(CC)OC(CCCCCC)(CCCCCC)C(C)CC)C(=S)NCCCN(C)C)C(C)CC. The van der Waals surface area contributed by atoms with Gasteiger partial charge in [0.15, 0.2) is 5.11 Å². The van der Waals surface area contributed by atoms with Gasteiger partial charge in [-0.25, -0.2) is 0 Å². The average molecular weight is 983 g/mol. The number of hydrogen-bond acceptors (Lipinski definition) is 8. The molecule has 10 heteroatoms. The van der Waals surface area contributed by atoms with Crippen LogP contribution in [0.1, 0.15) is 262 Å². The number of unbranched alkanes of at least 4 members (excludes halogenated alkanes) is 14. The molecular formula is C58H115N3O6S. The summed E-state index contributed by atoms with van der Waals surface area (Å²) in [7, 11) is 4.08. The molecule has 0 radical (unpaired) electrons. The Morgan fingerprint density at radius 3 is 1.41 bits per heavy atom. The molecule has 4 atom stereocenters. The first-order valence-electron chi connectivity index (χ1n) is 29.0. The van der Waals surface area contributed by atoms with Crippen LogP contribution < -0.4 is 5.32 Å². The highest BCUT2D eigenvalue weighted by molar-refractivity contribution is 7.80. The second-order valence-electron chi connectivity index (χ2n) is 21.2. The smallest absolute Gasteiger partial charge is 0.325 e. The Labute approximate surface area is 428 Å². The van der Waals surface area contributed by atoms with Gasteiger partial charge in [-0.2, -0.15) is 0 Å². The third kappa shape index (κ3) is 31.8. The molecular weight excluding hydrogens is 867 g/mol. The molecule has 0 heterocycles. The highest BCUT2D eigenvalue weighted by atomic mass is 32.1. The van der Waals surface area contributed by atoms with Gasteiger partial charge in [-0.05, 0) is 128 Å². The number of hydrogen-bond donors (Lipinski definition) is 1. The van der Waals surface area contributed by atoms with Crippen LogP contribution in [0.3, 0.4) is 0 Å². The van der Waals surface area contributed by atoms with Crippen LogP contribution in [0.25, 0.3) is 0 Å². The number of ether oxygens (including phenoxy) is 4. The molecule has 0 aliphatic rings. The topological polar surface area (TPSA) is 89.6 Å². The van der Waals surface area contributed by atoms with E-state index in [-0.39, 0.29) is 42.3 Å². The first-order chi connectivity index (χ1) is 32.7. The maximum absolute atomic E-state index is 13.2. The highest BCUT2D eigenvalue weighted by Crippen LogP contribution is 2.39. The van der Waals surface area contributed by atoms with Crippen LogP contribution in [0.15, 0.2) is 0 Å². The minimum absolute atomic E-state index is 0.0328. The Morgan fingerprint density at radius 2 is 0.985 bits per heavy atom. The van der Waals surface area contributed by atoms with Crippen LogP contribution in [-0.2, 0) is 28.5 Å². The maximum Gasteiger partial charge on any atom is 0.325 e. The van der Waals surface area contributed by atoms with E-state index in [1.165, 1.54) is 103 Å². The van der Waals surface area contributed by atoms with E-state index in [1.807, 2.05) is 14.1 Å². The molecule has 0 saturated carbocycles. The van der Waals surface area contributed by atoms with Gasteiger partial charge in [-0.1, -0.05) is 185 Å². The number of nitrogens with one attached hydrogen (secondary N) is 1. The van der Waals surface area contributed by atoms with E-state index in [4.69, 9.17) is 31.2 Å². The molecule has 68 heavy (non-hydrogen) atoms. The predicted molar refractivity (Wildman–Crippen MR) is 295 cm³/mol. The number of nitrogens with zero attached hydrogens (tertiary/aromatic N) is 2. The van der Waals surface area contributed by atoms with E-state index in [2.05, 4.69) is 79.5 Å². The minimum atomic E-state index is -0.385. The van der Waals surface area contributed by atoms with Crippen LogP contribution in [0.5, 0.6) is 0 Å². The van der Waals surface area contributed by atoms with Gasteiger partial charge in [0.05, 0.1) is 30.5 Å². The summed E-state index contributed by atoms with van der Waals surface area (Å²) in [5, 5.41) is 3.63. The lowest BCUT2D eigenvalue weighted by Gasteiger charge is -2.42. The lowest BCUT2D eigenvalue weighted by molar-refractivity contribution is -0.147. The summed E-state index contributed by atoms with van der Waals surface area (Å²) in [5.74, 6) is 0.724. The van der Waals surface area contributed by atoms with Crippen molar-refractivity contribution in [1.82, 2.24) is 15.1 Å². The summed E-state index contributed by atoms with van der Waals surface area (Å²) in [6, 6.07) is 0. The molecule has 0 saturated heterocycles. The minimum Gasteiger partial charge on any atom is -0.464 e. The summed E-state index contributed by atoms with van der Waals surface area (Å²) in [6.07, 6.45) is 34.6. The number of thiocarbonyl (C=S) groups is 1. The molecule has 0 aromatic rings. The van der Waals surface area contributed by atoms with E-state index in [0.717, 1.165) is 103 Å². The zero-order chi connectivity index (χ0) is 50.9. The van der Waals surface area contributed by atoms with Gasteiger partial charge >= 0.3 is 11.9 Å². The van der Waals surface area contributed by atoms with E-state index >= 15 is 0 Å². The quantitative estimate of drug-likeness (QED) is 0.0361. The van der Waals surface area contributed by atoms with Gasteiger partial charge in [0, 0.05) is 13.2 Å². The predicted octanol–water partition coefficient (Wildman–Crippen LogP) is 15.4. The van der Waals surface area contributed by atoms with Gasteiger partial charge in [0.1, 0.15) is 13.1 Å². The molecule has 0 bridgehead atoms. The molecule has 0 fully saturated rings. The zero-order valence-electron chi connectivity index (χ0n) is 47.2. The van der Waals surface area contributed by atoms with Gasteiger partial charge in [0.25, 0.3) is 0 Å². The van der Waals surface area contributed by atoms with E-state index in [0.29, 0.717) is 42.6 Å². The maximum atomic E-state index is 13.2. The highest BCUT2D eigenvalue weighted by Gasteiger charge is 2.38. The standard InChI is InChI=1S/C58H115N3O6S/c1-13-20-24-30-39-57(51(9)17-5,40-31-25-21-14-2)66-49-50(8)37-28-34-45-64-54(62)47-61(56(68)59-43-36-44-60(11)12)48-55(63)65-46-35-29-38-53(19-7)67-58(52(10)18-6,41-32-26-22-15-3)42-33-27-23-16-4/h50-53H,13-49H2,1-12H3,(H,59,68). The first-order valence-corrected chi connectivity index (χ1v) is 29.4. The lowest BCUT2D eigenvalue weighted by atomic mass is 9.78. The fraction of sp³-hybridized carbons (Fsp3) is 0.948. The van der Waals surface area contributed by atoms with Crippen molar-refractivity contribution in [3.8, 4) is 0 Å². The van der Waals surface area contributed by atoms with Crippen molar-refractivity contribution in [2.45, 2.75) is 279 Å². The number of esters is 2. The van der Waals surface area contributed by atoms with Crippen molar-refractivity contribution >= 4 is 29.3 Å². The Morgan fingerprint density at radius 1 is 0.544 bits per heavy atom. The largest absolute Gasteiger partial charge is 0.464 e. The van der Waals surface area contributed by atoms with Crippen LogP contribution >= 0.6 is 12.2 Å². The molecule has 0 spiro atoms. The fourth-order valence-electron chi connectivity index (χ4n) is 9.72. The molecule has 404 valence electrons. The van der Waals surface area contributed by atoms with Crippen LogP contribution in [0, 0.1) is 17.8 Å². The third-order valence-electron chi connectivity index (χ3n) is 14.9. The van der Waals surface area contributed by atoms with Gasteiger partial charge in [0.2, 0.25) is 0 Å². The number of carbonyl (C=O) groups excluding carboxylic acids is 2. The molecule has 1 N–H and O–H groups in total. The van der Waals surface area contributed by atoms with E-state index in [9.17, 15) is 9.59 Å². The first kappa shape index (κ1) is 66.5. The molecule has 0 aromatic carbocycles. The van der Waals surface area contributed by atoms with E-state index < -0.39 is 0 Å². The van der Waals surface area contributed by atoms with E-state index in [1.54, 1.807) is 4.90 Å². The van der Waals surface area contributed by atoms with Gasteiger partial charge in [-0.3, -0.25) is 9.59 Å². The Balaban J connectivity index is 5.31. The molecule has 0 aliphatic heterocycles. The Kier molecular flexibility index (Phi) is 42.2.